The van der Waals surface area contributed by atoms with Gasteiger partial charge in [0.15, 0.2) is 0 Å². The highest BCUT2D eigenvalue weighted by molar-refractivity contribution is 8.00. The predicted octanol–water partition coefficient (Wildman–Crippen LogP) is 3.94. The van der Waals surface area contributed by atoms with E-state index >= 15 is 0 Å². The van der Waals surface area contributed by atoms with Crippen molar-refractivity contribution in [3.63, 3.8) is 0 Å². The first kappa shape index (κ1) is 21.3. The van der Waals surface area contributed by atoms with E-state index in [1.54, 1.807) is 12.0 Å². The molecular formula is C20H22F3N3O2S. The van der Waals surface area contributed by atoms with Gasteiger partial charge in [0.1, 0.15) is 11.6 Å². The van der Waals surface area contributed by atoms with Gasteiger partial charge >= 0.3 is 6.18 Å². The lowest BCUT2D eigenvalue weighted by molar-refractivity contribution is -0.137. The highest BCUT2D eigenvalue weighted by Gasteiger charge is 2.31. The Hall–Kier alpha value is -2.42. The van der Waals surface area contributed by atoms with E-state index in [0.29, 0.717) is 37.7 Å². The van der Waals surface area contributed by atoms with Crippen LogP contribution in [0.1, 0.15) is 12.0 Å². The van der Waals surface area contributed by atoms with Crippen molar-refractivity contribution in [3.05, 3.63) is 48.2 Å². The van der Waals surface area contributed by atoms with Gasteiger partial charge in [-0.25, -0.2) is 4.98 Å². The standard InChI is InChI=1S/C20H22F3N3O2S/c1-28-16-4-6-17(7-5-16)29-14-19(27)26-10-2-9-25(11-12-26)18-8-3-15(13-24-18)20(21,22)23/h3-8,13H,2,9-12,14H2,1H3. The summed E-state index contributed by atoms with van der Waals surface area (Å²) >= 11 is 1.47. The lowest BCUT2D eigenvalue weighted by Crippen LogP contribution is -2.36. The van der Waals surface area contributed by atoms with E-state index in [4.69, 9.17) is 4.74 Å². The van der Waals surface area contributed by atoms with Gasteiger partial charge in [0, 0.05) is 37.3 Å². The number of nitrogens with zero attached hydrogens (tertiary/aromatic N) is 3. The molecule has 156 valence electrons. The van der Waals surface area contributed by atoms with Crippen molar-refractivity contribution in [2.24, 2.45) is 0 Å². The number of amides is 1. The molecule has 1 saturated heterocycles. The lowest BCUT2D eigenvalue weighted by atomic mass is 10.2. The van der Waals surface area contributed by atoms with Gasteiger partial charge in [-0.05, 0) is 42.8 Å². The maximum Gasteiger partial charge on any atom is 0.417 e. The van der Waals surface area contributed by atoms with E-state index in [-0.39, 0.29) is 5.91 Å². The number of halogens is 3. The fourth-order valence-electron chi connectivity index (χ4n) is 3.05. The summed E-state index contributed by atoms with van der Waals surface area (Å²) in [6, 6.07) is 9.97. The van der Waals surface area contributed by atoms with E-state index in [0.717, 1.165) is 29.3 Å². The predicted molar refractivity (Wildman–Crippen MR) is 106 cm³/mol. The number of carbonyl (C=O) groups is 1. The molecule has 2 heterocycles. The molecule has 0 saturated carbocycles. The largest absolute Gasteiger partial charge is 0.497 e. The number of methoxy groups -OCH3 is 1. The first-order valence-corrected chi connectivity index (χ1v) is 10.2. The van der Waals surface area contributed by atoms with Crippen molar-refractivity contribution in [3.8, 4) is 5.75 Å². The van der Waals surface area contributed by atoms with Crippen LogP contribution >= 0.6 is 11.8 Å². The molecule has 1 aliphatic rings. The van der Waals surface area contributed by atoms with Crippen LogP contribution in [0, 0.1) is 0 Å². The molecule has 3 rings (SSSR count). The maximum absolute atomic E-state index is 12.7. The zero-order valence-corrected chi connectivity index (χ0v) is 16.8. The number of aromatic nitrogens is 1. The van der Waals surface area contributed by atoms with E-state index in [1.807, 2.05) is 29.2 Å². The molecule has 0 radical (unpaired) electrons. The molecule has 0 atom stereocenters. The monoisotopic (exact) mass is 425 g/mol. The number of anilines is 1. The van der Waals surface area contributed by atoms with Gasteiger partial charge in [-0.1, -0.05) is 0 Å². The van der Waals surface area contributed by atoms with Gasteiger partial charge in [0.25, 0.3) is 0 Å². The van der Waals surface area contributed by atoms with Crippen molar-refractivity contribution in [2.45, 2.75) is 17.5 Å². The Morgan fingerprint density at radius 3 is 2.48 bits per heavy atom. The molecule has 1 fully saturated rings. The third-order valence-electron chi connectivity index (χ3n) is 4.67. The summed E-state index contributed by atoms with van der Waals surface area (Å²) in [7, 11) is 1.61. The fourth-order valence-corrected chi connectivity index (χ4v) is 3.85. The second kappa shape index (κ2) is 9.39. The Bertz CT molecular complexity index is 813. The summed E-state index contributed by atoms with van der Waals surface area (Å²) in [6.45, 7) is 2.33. The molecule has 9 heteroatoms. The van der Waals surface area contributed by atoms with Crippen LogP contribution in [0.25, 0.3) is 0 Å². The Kier molecular flexibility index (Phi) is 6.89. The number of hydrogen-bond donors (Lipinski definition) is 0. The number of hydrogen-bond acceptors (Lipinski definition) is 5. The fraction of sp³-hybridized carbons (Fsp3) is 0.400. The van der Waals surface area contributed by atoms with Crippen molar-refractivity contribution in [1.29, 1.82) is 0 Å². The number of carbonyl (C=O) groups excluding carboxylic acids is 1. The number of rotatable bonds is 5. The van der Waals surface area contributed by atoms with E-state index in [9.17, 15) is 18.0 Å². The van der Waals surface area contributed by atoms with Crippen LogP contribution in [-0.4, -0.2) is 54.8 Å². The van der Waals surface area contributed by atoms with Gasteiger partial charge in [-0.15, -0.1) is 11.8 Å². The highest BCUT2D eigenvalue weighted by Crippen LogP contribution is 2.29. The average molecular weight is 425 g/mol. The van der Waals surface area contributed by atoms with Crippen LogP contribution in [0.15, 0.2) is 47.5 Å². The van der Waals surface area contributed by atoms with Crippen molar-refractivity contribution < 1.29 is 22.7 Å². The number of alkyl halides is 3. The number of thioether (sulfide) groups is 1. The van der Waals surface area contributed by atoms with Crippen LogP contribution in [0.3, 0.4) is 0 Å². The molecule has 1 aromatic heterocycles. The molecule has 1 aliphatic heterocycles. The maximum atomic E-state index is 12.7. The molecule has 0 unspecified atom stereocenters. The van der Waals surface area contributed by atoms with Gasteiger partial charge in [-0.2, -0.15) is 13.2 Å². The lowest BCUT2D eigenvalue weighted by Gasteiger charge is -2.23. The van der Waals surface area contributed by atoms with Crippen LogP contribution in [0.5, 0.6) is 5.75 Å². The minimum atomic E-state index is -4.39. The Labute approximate surface area is 171 Å². The number of benzene rings is 1. The molecule has 5 nitrogen and oxygen atoms in total. The first-order valence-electron chi connectivity index (χ1n) is 9.19. The van der Waals surface area contributed by atoms with Gasteiger partial charge in [-0.3, -0.25) is 4.79 Å². The topological polar surface area (TPSA) is 45.7 Å². The van der Waals surface area contributed by atoms with Gasteiger partial charge < -0.3 is 14.5 Å². The molecule has 0 bridgehead atoms. The van der Waals surface area contributed by atoms with Crippen LogP contribution < -0.4 is 9.64 Å². The molecule has 1 amide bonds. The summed E-state index contributed by atoms with van der Waals surface area (Å²) in [5.41, 5.74) is -0.761. The zero-order chi connectivity index (χ0) is 20.9. The minimum Gasteiger partial charge on any atom is -0.497 e. The Balaban J connectivity index is 1.52. The van der Waals surface area contributed by atoms with Crippen LogP contribution in [0.4, 0.5) is 19.0 Å². The minimum absolute atomic E-state index is 0.0491. The van der Waals surface area contributed by atoms with Crippen molar-refractivity contribution in [1.82, 2.24) is 9.88 Å². The third kappa shape index (κ3) is 5.79. The molecule has 0 aliphatic carbocycles. The summed E-state index contributed by atoms with van der Waals surface area (Å²) in [4.78, 5) is 21.2. The molecule has 1 aromatic carbocycles. The molecule has 29 heavy (non-hydrogen) atoms. The van der Waals surface area contributed by atoms with Crippen molar-refractivity contribution in [2.75, 3.05) is 43.9 Å². The Morgan fingerprint density at radius 2 is 1.86 bits per heavy atom. The summed E-state index contributed by atoms with van der Waals surface area (Å²) < 4.78 is 43.2. The molecule has 0 N–H and O–H groups in total. The van der Waals surface area contributed by atoms with Gasteiger partial charge in [0.05, 0.1) is 18.4 Å². The second-order valence-corrected chi connectivity index (χ2v) is 7.64. The normalized spacial score (nSPS) is 15.2. The molecule has 2 aromatic rings. The molecular weight excluding hydrogens is 403 g/mol. The summed E-state index contributed by atoms with van der Waals surface area (Å²) in [6.07, 6.45) is -2.80. The van der Waals surface area contributed by atoms with E-state index in [2.05, 4.69) is 4.98 Å². The Morgan fingerprint density at radius 1 is 1.10 bits per heavy atom. The third-order valence-corrected chi connectivity index (χ3v) is 5.67. The SMILES string of the molecule is COc1ccc(SCC(=O)N2CCCN(c3ccc(C(F)(F)F)cn3)CC2)cc1. The summed E-state index contributed by atoms with van der Waals surface area (Å²) in [5, 5.41) is 0. The van der Waals surface area contributed by atoms with Crippen LogP contribution in [0.2, 0.25) is 0 Å². The number of ether oxygens (including phenoxy) is 1. The summed E-state index contributed by atoms with van der Waals surface area (Å²) in [5.74, 6) is 1.66. The smallest absolute Gasteiger partial charge is 0.417 e. The zero-order valence-electron chi connectivity index (χ0n) is 16.0. The van der Waals surface area contributed by atoms with E-state index in [1.165, 1.54) is 17.8 Å². The van der Waals surface area contributed by atoms with Crippen molar-refractivity contribution >= 4 is 23.5 Å². The van der Waals surface area contributed by atoms with E-state index < -0.39 is 11.7 Å². The highest BCUT2D eigenvalue weighted by atomic mass is 32.2. The van der Waals surface area contributed by atoms with Gasteiger partial charge in [0.2, 0.25) is 5.91 Å². The first-order chi connectivity index (χ1) is 13.9. The second-order valence-electron chi connectivity index (χ2n) is 6.59. The average Bonchev–Trinajstić information content (AvgIpc) is 2.98. The van der Waals surface area contributed by atoms with Crippen LogP contribution in [-0.2, 0) is 11.0 Å². The number of pyridine rings is 1. The molecule has 0 spiro atoms. The quantitative estimate of drug-likeness (QED) is 0.679.